The predicted octanol–water partition coefficient (Wildman–Crippen LogP) is 4.80. The van der Waals surface area contributed by atoms with Crippen LogP contribution in [-0.2, 0) is 14.4 Å². The van der Waals surface area contributed by atoms with E-state index < -0.39 is 46.1 Å². The molecule has 1 saturated heterocycles. The highest BCUT2D eigenvalue weighted by atomic mass is 35.5. The van der Waals surface area contributed by atoms with E-state index in [1.807, 2.05) is 20.8 Å². The molecule has 1 aliphatic rings. The van der Waals surface area contributed by atoms with E-state index in [4.69, 9.17) is 16.3 Å². The molecular weight excluding hydrogens is 631 g/mol. The number of ether oxygens (including phenoxy) is 1. The number of rotatable bonds is 9. The second kappa shape index (κ2) is 14.5. The molecule has 0 aliphatic carbocycles. The maximum absolute atomic E-state index is 14.6. The zero-order chi connectivity index (χ0) is 32.3. The van der Waals surface area contributed by atoms with E-state index >= 15 is 0 Å². The molecular formula is C30H37Cl2F2N7O4. The number of halogens is 4. The molecule has 3 amide bonds. The van der Waals surface area contributed by atoms with Gasteiger partial charge in [-0.15, -0.1) is 12.4 Å². The van der Waals surface area contributed by atoms with E-state index in [2.05, 4.69) is 31.2 Å². The third-order valence-electron chi connectivity index (χ3n) is 7.57. The number of likely N-dealkylation sites (tertiary alicyclic amines) is 1. The molecule has 0 spiro atoms. The second-order valence-corrected chi connectivity index (χ2v) is 12.0. The van der Waals surface area contributed by atoms with Crippen LogP contribution < -0.4 is 26.0 Å². The second-order valence-electron chi connectivity index (χ2n) is 11.6. The van der Waals surface area contributed by atoms with Gasteiger partial charge in [-0.3, -0.25) is 14.4 Å². The van der Waals surface area contributed by atoms with E-state index in [-0.39, 0.29) is 41.4 Å². The van der Waals surface area contributed by atoms with Crippen LogP contribution in [-0.4, -0.2) is 71.4 Å². The standard InChI is InChI=1S/C30H36ClF2N7O4.ClH/c1-15(34-5)27(41)39-25(30(2,3)4)29(43)40-11-7-8-21(40)28(42)38-20-12-16-19(13-22(20)44-6)35-14-36-26(16)37-18-10-9-17(32)23(31)24(18)33;/h9-10,12-15,21,25,34H,7-8,11H2,1-6H3,(H,38,42)(H,39,41)(H,35,36,37);1H. The number of nitrogens with zero attached hydrogens (tertiary/aromatic N) is 3. The number of benzene rings is 2. The molecule has 244 valence electrons. The van der Waals surface area contributed by atoms with Crippen LogP contribution in [0.3, 0.4) is 0 Å². The van der Waals surface area contributed by atoms with Crippen molar-refractivity contribution >= 4 is 69.8 Å². The SMILES string of the molecule is CNC(C)C(=O)NC(C(=O)N1CCCC1C(=O)Nc1cc2c(Nc3ccc(F)c(Cl)c3F)ncnc2cc1OC)C(C)(C)C.Cl. The first kappa shape index (κ1) is 35.7. The minimum atomic E-state index is -0.989. The number of carbonyl (C=O) groups excluding carboxylic acids is 3. The molecule has 4 rings (SSSR count). The molecule has 11 nitrogen and oxygen atoms in total. The molecule has 0 saturated carbocycles. The average Bonchev–Trinajstić information content (AvgIpc) is 3.49. The van der Waals surface area contributed by atoms with Gasteiger partial charge in [-0.1, -0.05) is 32.4 Å². The van der Waals surface area contributed by atoms with E-state index in [9.17, 15) is 23.2 Å². The van der Waals surface area contributed by atoms with Gasteiger partial charge >= 0.3 is 0 Å². The number of amides is 3. The Hall–Kier alpha value is -3.81. The maximum atomic E-state index is 14.6. The van der Waals surface area contributed by atoms with Crippen molar-refractivity contribution in [2.24, 2.45) is 5.41 Å². The summed E-state index contributed by atoms with van der Waals surface area (Å²) >= 11 is 5.74. The lowest BCUT2D eigenvalue weighted by molar-refractivity contribution is -0.143. The molecule has 0 bridgehead atoms. The fourth-order valence-electron chi connectivity index (χ4n) is 4.93. The Labute approximate surface area is 271 Å². The maximum Gasteiger partial charge on any atom is 0.247 e. The molecule has 1 aliphatic heterocycles. The molecule has 2 heterocycles. The Morgan fingerprint density at radius 1 is 1.13 bits per heavy atom. The lowest BCUT2D eigenvalue weighted by Gasteiger charge is -2.36. The summed E-state index contributed by atoms with van der Waals surface area (Å²) in [5.41, 5.74) is -0.0442. The quantitative estimate of drug-likeness (QED) is 0.239. The van der Waals surface area contributed by atoms with Crippen LogP contribution in [0.25, 0.3) is 10.9 Å². The van der Waals surface area contributed by atoms with Gasteiger partial charge in [0.1, 0.15) is 40.8 Å². The lowest BCUT2D eigenvalue weighted by atomic mass is 9.85. The number of nitrogens with one attached hydrogen (secondary N) is 4. The van der Waals surface area contributed by atoms with Crippen LogP contribution in [0, 0.1) is 17.0 Å². The molecule has 3 atom stereocenters. The molecule has 1 fully saturated rings. The highest BCUT2D eigenvalue weighted by molar-refractivity contribution is 6.31. The first-order chi connectivity index (χ1) is 20.8. The Bertz CT molecular complexity index is 1590. The zero-order valence-corrected chi connectivity index (χ0v) is 27.3. The number of methoxy groups -OCH3 is 1. The number of carbonyl (C=O) groups is 3. The van der Waals surface area contributed by atoms with Gasteiger partial charge < -0.3 is 30.9 Å². The van der Waals surface area contributed by atoms with Gasteiger partial charge in [0.15, 0.2) is 5.82 Å². The monoisotopic (exact) mass is 667 g/mol. The number of likely N-dealkylation sites (N-methyl/N-ethyl adjacent to an activating group) is 1. The zero-order valence-electron chi connectivity index (χ0n) is 25.8. The highest BCUT2D eigenvalue weighted by Crippen LogP contribution is 2.35. The van der Waals surface area contributed by atoms with Gasteiger partial charge in [0.05, 0.1) is 30.0 Å². The summed E-state index contributed by atoms with van der Waals surface area (Å²) in [7, 11) is 3.09. The van der Waals surface area contributed by atoms with Crippen LogP contribution in [0.15, 0.2) is 30.6 Å². The smallest absolute Gasteiger partial charge is 0.247 e. The molecule has 4 N–H and O–H groups in total. The summed E-state index contributed by atoms with van der Waals surface area (Å²) in [4.78, 5) is 50.1. The van der Waals surface area contributed by atoms with Gasteiger partial charge in [0.25, 0.3) is 0 Å². The van der Waals surface area contributed by atoms with Crippen LogP contribution in [0.2, 0.25) is 5.02 Å². The molecule has 2 aromatic carbocycles. The summed E-state index contributed by atoms with van der Waals surface area (Å²) in [6.07, 6.45) is 2.28. The third-order valence-corrected chi connectivity index (χ3v) is 7.91. The molecule has 45 heavy (non-hydrogen) atoms. The number of fused-ring (bicyclic) bond motifs is 1. The third kappa shape index (κ3) is 7.71. The normalized spacial score (nSPS) is 16.0. The van der Waals surface area contributed by atoms with Crippen molar-refractivity contribution in [3.8, 4) is 5.75 Å². The highest BCUT2D eigenvalue weighted by Gasteiger charge is 2.42. The molecule has 0 radical (unpaired) electrons. The summed E-state index contributed by atoms with van der Waals surface area (Å²) in [6, 6.07) is 3.19. The largest absolute Gasteiger partial charge is 0.494 e. The topological polar surface area (TPSA) is 138 Å². The van der Waals surface area contributed by atoms with Gasteiger partial charge in [0, 0.05) is 18.0 Å². The first-order valence-corrected chi connectivity index (χ1v) is 14.5. The number of hydrogen-bond acceptors (Lipinski definition) is 8. The fraction of sp³-hybridized carbons (Fsp3) is 0.433. The number of aromatic nitrogens is 2. The number of hydrogen-bond donors (Lipinski definition) is 4. The Morgan fingerprint density at radius 2 is 1.84 bits per heavy atom. The molecule has 1 aromatic heterocycles. The van der Waals surface area contributed by atoms with Crippen LogP contribution in [0.5, 0.6) is 5.75 Å². The van der Waals surface area contributed by atoms with E-state index in [1.54, 1.807) is 26.1 Å². The number of anilines is 3. The predicted molar refractivity (Wildman–Crippen MR) is 171 cm³/mol. The molecule has 3 unspecified atom stereocenters. The van der Waals surface area contributed by atoms with Crippen molar-refractivity contribution in [1.82, 2.24) is 25.5 Å². The van der Waals surface area contributed by atoms with Crippen LogP contribution in [0.4, 0.5) is 26.0 Å². The Morgan fingerprint density at radius 3 is 2.49 bits per heavy atom. The van der Waals surface area contributed by atoms with Gasteiger partial charge in [-0.2, -0.15) is 0 Å². The van der Waals surface area contributed by atoms with E-state index in [1.165, 1.54) is 24.4 Å². The minimum Gasteiger partial charge on any atom is -0.494 e. The lowest BCUT2D eigenvalue weighted by Crippen LogP contribution is -2.59. The average molecular weight is 669 g/mol. The summed E-state index contributed by atoms with van der Waals surface area (Å²) in [5.74, 6) is -2.54. The van der Waals surface area contributed by atoms with Crippen molar-refractivity contribution < 1.29 is 27.9 Å². The summed E-state index contributed by atoms with van der Waals surface area (Å²) < 4.78 is 33.8. The van der Waals surface area contributed by atoms with Crippen molar-refractivity contribution in [3.05, 3.63) is 47.2 Å². The van der Waals surface area contributed by atoms with Gasteiger partial charge in [-0.25, -0.2) is 18.7 Å². The van der Waals surface area contributed by atoms with Crippen molar-refractivity contribution in [2.45, 2.75) is 58.7 Å². The van der Waals surface area contributed by atoms with Crippen LogP contribution in [0.1, 0.15) is 40.5 Å². The molecule has 15 heteroatoms. The van der Waals surface area contributed by atoms with Crippen molar-refractivity contribution in [1.29, 1.82) is 0 Å². The molecule has 3 aromatic rings. The van der Waals surface area contributed by atoms with Crippen molar-refractivity contribution in [3.63, 3.8) is 0 Å². The summed E-state index contributed by atoms with van der Waals surface area (Å²) in [6.45, 7) is 7.60. The summed E-state index contributed by atoms with van der Waals surface area (Å²) in [5, 5.41) is 11.1. The van der Waals surface area contributed by atoms with Gasteiger partial charge in [-0.05, 0) is 50.4 Å². The minimum absolute atomic E-state index is 0. The van der Waals surface area contributed by atoms with Crippen LogP contribution >= 0.6 is 24.0 Å². The Kier molecular flexibility index (Phi) is 11.5. The van der Waals surface area contributed by atoms with E-state index in [0.29, 0.717) is 36.0 Å². The fourth-order valence-corrected chi connectivity index (χ4v) is 5.10. The Balaban J connectivity index is 0.00000552. The van der Waals surface area contributed by atoms with Gasteiger partial charge in [0.2, 0.25) is 17.7 Å². The van der Waals surface area contributed by atoms with Crippen molar-refractivity contribution in [2.75, 3.05) is 31.3 Å². The first-order valence-electron chi connectivity index (χ1n) is 14.1. The van der Waals surface area contributed by atoms with E-state index in [0.717, 1.165) is 6.07 Å².